The molecule has 1 aliphatic rings. The standard InChI is InChI=1S/C22H24N2O7S/c1-23(2)32(29,30)17-9-7-14(8-10-17)20(26)18-19(15-5-4-6-16(25)13-15)24(11-12-31-3)22(28)21(18)27/h4-10,13,19,25-26H,11-12H2,1-3H3/t19-/m0/s1. The van der Waals surface area contributed by atoms with Gasteiger partial charge in [0.15, 0.2) is 0 Å². The van der Waals surface area contributed by atoms with Gasteiger partial charge in [-0.15, -0.1) is 0 Å². The van der Waals surface area contributed by atoms with E-state index in [9.17, 15) is 28.2 Å². The van der Waals surface area contributed by atoms with Crippen molar-refractivity contribution in [1.29, 1.82) is 0 Å². The zero-order valence-electron chi connectivity index (χ0n) is 17.8. The molecule has 0 aliphatic carbocycles. The Morgan fingerprint density at radius 1 is 1.12 bits per heavy atom. The minimum atomic E-state index is -3.67. The highest BCUT2D eigenvalue weighted by Gasteiger charge is 2.46. The average molecular weight is 461 g/mol. The van der Waals surface area contributed by atoms with Crippen LogP contribution in [0.1, 0.15) is 17.2 Å². The molecular formula is C22H24N2O7S. The number of carbonyl (C=O) groups is 2. The number of Topliss-reactive ketones (excluding diaryl/α,β-unsaturated/α-hetero) is 1. The molecule has 10 heteroatoms. The fraction of sp³-hybridized carbons (Fsp3) is 0.273. The Hall–Kier alpha value is -3.21. The van der Waals surface area contributed by atoms with E-state index in [-0.39, 0.29) is 34.9 Å². The summed E-state index contributed by atoms with van der Waals surface area (Å²) in [6.07, 6.45) is 0. The molecule has 1 fully saturated rings. The second-order valence-corrected chi connectivity index (χ2v) is 9.54. The molecule has 0 spiro atoms. The molecule has 1 amide bonds. The number of sulfonamides is 1. The van der Waals surface area contributed by atoms with E-state index in [2.05, 4.69) is 0 Å². The lowest BCUT2D eigenvalue weighted by atomic mass is 9.95. The van der Waals surface area contributed by atoms with E-state index in [1.54, 1.807) is 12.1 Å². The zero-order chi connectivity index (χ0) is 23.6. The Morgan fingerprint density at radius 3 is 2.34 bits per heavy atom. The number of rotatable bonds is 7. The molecule has 1 atom stereocenters. The van der Waals surface area contributed by atoms with Crippen molar-refractivity contribution in [3.63, 3.8) is 0 Å². The zero-order valence-corrected chi connectivity index (χ0v) is 18.7. The van der Waals surface area contributed by atoms with E-state index in [4.69, 9.17) is 4.74 Å². The molecule has 0 unspecified atom stereocenters. The Balaban J connectivity index is 2.13. The molecule has 0 aromatic heterocycles. The minimum absolute atomic E-state index is 0.0177. The molecule has 32 heavy (non-hydrogen) atoms. The van der Waals surface area contributed by atoms with E-state index < -0.39 is 33.5 Å². The van der Waals surface area contributed by atoms with Crippen LogP contribution in [0.25, 0.3) is 5.76 Å². The van der Waals surface area contributed by atoms with Gasteiger partial charge in [-0.05, 0) is 42.0 Å². The molecule has 9 nitrogen and oxygen atoms in total. The molecular weight excluding hydrogens is 436 g/mol. The van der Waals surface area contributed by atoms with Crippen LogP contribution in [0.5, 0.6) is 5.75 Å². The first-order chi connectivity index (χ1) is 15.1. The average Bonchev–Trinajstić information content (AvgIpc) is 3.02. The summed E-state index contributed by atoms with van der Waals surface area (Å²) in [5.41, 5.74) is 0.464. The number of aliphatic hydroxyl groups excluding tert-OH is 1. The highest BCUT2D eigenvalue weighted by atomic mass is 32.2. The van der Waals surface area contributed by atoms with Gasteiger partial charge in [-0.1, -0.05) is 12.1 Å². The lowest BCUT2D eigenvalue weighted by Crippen LogP contribution is -2.32. The second kappa shape index (κ2) is 9.11. The number of hydrogen-bond acceptors (Lipinski definition) is 7. The Morgan fingerprint density at radius 2 is 1.78 bits per heavy atom. The Kier molecular flexibility index (Phi) is 6.68. The van der Waals surface area contributed by atoms with Gasteiger partial charge in [-0.25, -0.2) is 12.7 Å². The highest BCUT2D eigenvalue weighted by Crippen LogP contribution is 2.40. The van der Waals surface area contributed by atoms with E-state index in [1.807, 2.05) is 0 Å². The number of ketones is 1. The van der Waals surface area contributed by atoms with Crippen LogP contribution in [0.3, 0.4) is 0 Å². The number of likely N-dealkylation sites (tertiary alicyclic amines) is 1. The van der Waals surface area contributed by atoms with Crippen molar-refractivity contribution in [2.24, 2.45) is 0 Å². The van der Waals surface area contributed by atoms with Crippen molar-refractivity contribution in [3.05, 3.63) is 65.2 Å². The highest BCUT2D eigenvalue weighted by molar-refractivity contribution is 7.89. The van der Waals surface area contributed by atoms with Crippen molar-refractivity contribution in [2.75, 3.05) is 34.4 Å². The molecule has 1 aliphatic heterocycles. The molecule has 3 rings (SSSR count). The Labute approximate surface area is 186 Å². The summed E-state index contributed by atoms with van der Waals surface area (Å²) in [5, 5.41) is 20.9. The number of carbonyl (C=O) groups excluding carboxylic acids is 2. The largest absolute Gasteiger partial charge is 0.508 e. The van der Waals surface area contributed by atoms with Gasteiger partial charge in [0.25, 0.3) is 11.7 Å². The van der Waals surface area contributed by atoms with Crippen LogP contribution in [0.2, 0.25) is 0 Å². The lowest BCUT2D eigenvalue weighted by molar-refractivity contribution is -0.140. The van der Waals surface area contributed by atoms with Gasteiger partial charge in [0, 0.05) is 33.3 Å². The van der Waals surface area contributed by atoms with Crippen molar-refractivity contribution in [1.82, 2.24) is 9.21 Å². The third-order valence-electron chi connectivity index (χ3n) is 5.17. The smallest absolute Gasteiger partial charge is 0.295 e. The van der Waals surface area contributed by atoms with E-state index >= 15 is 0 Å². The van der Waals surface area contributed by atoms with Crippen molar-refractivity contribution < 1.29 is 33.0 Å². The van der Waals surface area contributed by atoms with Crippen LogP contribution in [0, 0.1) is 0 Å². The summed E-state index contributed by atoms with van der Waals surface area (Å²) in [4.78, 5) is 26.9. The first kappa shape index (κ1) is 23.5. The lowest BCUT2D eigenvalue weighted by Gasteiger charge is -2.25. The number of amides is 1. The molecule has 1 heterocycles. The molecule has 170 valence electrons. The molecule has 1 saturated heterocycles. The summed E-state index contributed by atoms with van der Waals surface area (Å²) in [6, 6.07) is 10.5. The van der Waals surface area contributed by atoms with Crippen LogP contribution in [0.4, 0.5) is 0 Å². The topological polar surface area (TPSA) is 124 Å². The number of ether oxygens (including phenoxy) is 1. The van der Waals surface area contributed by atoms with E-state index in [0.717, 1.165) is 4.31 Å². The Bertz CT molecular complexity index is 1170. The van der Waals surface area contributed by atoms with Gasteiger partial charge >= 0.3 is 0 Å². The minimum Gasteiger partial charge on any atom is -0.508 e. The maximum Gasteiger partial charge on any atom is 0.295 e. The maximum atomic E-state index is 12.9. The van der Waals surface area contributed by atoms with Crippen LogP contribution in [-0.4, -0.2) is 73.9 Å². The SMILES string of the molecule is COCCN1C(=O)C(=O)C(=C(O)c2ccc(S(=O)(=O)N(C)C)cc2)[C@@H]1c1cccc(O)c1. The molecule has 0 radical (unpaired) electrons. The third-order valence-corrected chi connectivity index (χ3v) is 7.00. The number of hydrogen-bond donors (Lipinski definition) is 2. The molecule has 2 aromatic carbocycles. The van der Waals surface area contributed by atoms with Gasteiger partial charge < -0.3 is 19.8 Å². The first-order valence-corrected chi connectivity index (χ1v) is 11.1. The third kappa shape index (κ3) is 4.24. The number of aromatic hydroxyl groups is 1. The molecule has 2 aromatic rings. The number of phenols is 1. The number of phenolic OH excluding ortho intramolecular Hbond substituents is 1. The van der Waals surface area contributed by atoms with Crippen molar-refractivity contribution in [2.45, 2.75) is 10.9 Å². The van der Waals surface area contributed by atoms with E-state index in [0.29, 0.717) is 5.56 Å². The number of aliphatic hydroxyl groups is 1. The fourth-order valence-electron chi connectivity index (χ4n) is 3.49. The normalized spacial score (nSPS) is 18.5. The van der Waals surface area contributed by atoms with Gasteiger partial charge in [-0.3, -0.25) is 9.59 Å². The molecule has 0 saturated carbocycles. The number of nitrogens with zero attached hydrogens (tertiary/aromatic N) is 2. The quantitative estimate of drug-likeness (QED) is 0.366. The van der Waals surface area contributed by atoms with Gasteiger partial charge in [0.05, 0.1) is 23.1 Å². The number of benzene rings is 2. The monoisotopic (exact) mass is 460 g/mol. The van der Waals surface area contributed by atoms with Gasteiger partial charge in [-0.2, -0.15) is 0 Å². The summed E-state index contributed by atoms with van der Waals surface area (Å²) >= 11 is 0. The van der Waals surface area contributed by atoms with Gasteiger partial charge in [0.2, 0.25) is 10.0 Å². The van der Waals surface area contributed by atoms with Crippen molar-refractivity contribution >= 4 is 27.5 Å². The number of methoxy groups -OCH3 is 1. The van der Waals surface area contributed by atoms with Crippen LogP contribution >= 0.6 is 0 Å². The fourth-order valence-corrected chi connectivity index (χ4v) is 4.39. The van der Waals surface area contributed by atoms with Crippen LogP contribution in [-0.2, 0) is 24.3 Å². The summed E-state index contributed by atoms with van der Waals surface area (Å²) < 4.78 is 30.7. The maximum absolute atomic E-state index is 12.9. The van der Waals surface area contributed by atoms with Crippen LogP contribution < -0.4 is 0 Å². The second-order valence-electron chi connectivity index (χ2n) is 7.39. The summed E-state index contributed by atoms with van der Waals surface area (Å²) in [5.74, 6) is -2.18. The van der Waals surface area contributed by atoms with Crippen molar-refractivity contribution in [3.8, 4) is 5.75 Å². The van der Waals surface area contributed by atoms with Gasteiger partial charge in [0.1, 0.15) is 11.5 Å². The molecule has 0 bridgehead atoms. The predicted molar refractivity (Wildman–Crippen MR) is 116 cm³/mol. The van der Waals surface area contributed by atoms with Crippen LogP contribution in [0.15, 0.2) is 59.0 Å². The predicted octanol–water partition coefficient (Wildman–Crippen LogP) is 1.71. The summed E-state index contributed by atoms with van der Waals surface area (Å²) in [6.45, 7) is 0.262. The molecule has 2 N–H and O–H groups in total. The summed E-state index contributed by atoms with van der Waals surface area (Å²) in [7, 11) is 0.596. The first-order valence-electron chi connectivity index (χ1n) is 9.68. The van der Waals surface area contributed by atoms with E-state index in [1.165, 1.54) is 62.5 Å².